The van der Waals surface area contributed by atoms with Crippen molar-refractivity contribution in [3.8, 4) is 0 Å². The van der Waals surface area contributed by atoms with E-state index in [1.807, 2.05) is 0 Å². The lowest BCUT2D eigenvalue weighted by molar-refractivity contribution is 0.285. The second kappa shape index (κ2) is 8.34. The minimum absolute atomic E-state index is 0.630. The highest BCUT2D eigenvalue weighted by Gasteiger charge is 2.18. The minimum Gasteiger partial charge on any atom is -0.370 e. The predicted octanol–water partition coefficient (Wildman–Crippen LogP) is 4.91. The van der Waals surface area contributed by atoms with Crippen LogP contribution in [0.3, 0.4) is 0 Å². The Kier molecular flexibility index (Phi) is 5.92. The molecule has 3 rings (SSSR count). The molecular weight excluding hydrogens is 292 g/mol. The average Bonchev–Trinajstić information content (AvgIpc) is 2.87. The number of hydrogen-bond acceptors (Lipinski definition) is 2. The zero-order valence-corrected chi connectivity index (χ0v) is 15.1. The Morgan fingerprint density at radius 3 is 2.42 bits per heavy atom. The van der Waals surface area contributed by atoms with Crippen LogP contribution in [-0.2, 0) is 6.54 Å². The summed E-state index contributed by atoms with van der Waals surface area (Å²) in [5.74, 6) is 0.630. The summed E-state index contributed by atoms with van der Waals surface area (Å²) in [5.41, 5.74) is 4.39. The molecule has 0 bridgehead atoms. The molecule has 2 nitrogen and oxygen atoms in total. The third-order valence-corrected chi connectivity index (χ3v) is 5.26. The standard InChI is InChI=1S/C22H30N2/c1-3-19(2)21-12-7-8-13-22(21)24-15-9-14-23(16-17-24)18-20-10-5-4-6-11-20/h4-8,10-13,19H,3,9,14-18H2,1-2H3. The van der Waals surface area contributed by atoms with Crippen LogP contribution in [0.2, 0.25) is 0 Å². The minimum atomic E-state index is 0.630. The molecule has 1 fully saturated rings. The molecule has 1 heterocycles. The Morgan fingerprint density at radius 2 is 1.62 bits per heavy atom. The van der Waals surface area contributed by atoms with Gasteiger partial charge in [0.15, 0.2) is 0 Å². The number of para-hydroxylation sites is 1. The molecule has 0 saturated carbocycles. The first-order chi connectivity index (χ1) is 11.8. The Balaban J connectivity index is 1.68. The van der Waals surface area contributed by atoms with Crippen molar-refractivity contribution in [1.29, 1.82) is 0 Å². The zero-order chi connectivity index (χ0) is 16.8. The smallest absolute Gasteiger partial charge is 0.0401 e. The third kappa shape index (κ3) is 4.18. The monoisotopic (exact) mass is 322 g/mol. The molecular formula is C22H30N2. The van der Waals surface area contributed by atoms with E-state index in [4.69, 9.17) is 0 Å². The summed E-state index contributed by atoms with van der Waals surface area (Å²) in [4.78, 5) is 5.20. The maximum absolute atomic E-state index is 2.60. The SMILES string of the molecule is CCC(C)c1ccccc1N1CCCN(Cc2ccccc2)CC1. The van der Waals surface area contributed by atoms with Gasteiger partial charge in [-0.25, -0.2) is 0 Å². The lowest BCUT2D eigenvalue weighted by atomic mass is 9.96. The highest BCUT2D eigenvalue weighted by molar-refractivity contribution is 5.55. The summed E-state index contributed by atoms with van der Waals surface area (Å²) in [6, 6.07) is 19.9. The molecule has 0 N–H and O–H groups in total. The molecule has 24 heavy (non-hydrogen) atoms. The number of hydrogen-bond donors (Lipinski definition) is 0. The molecule has 0 aromatic heterocycles. The first-order valence-corrected chi connectivity index (χ1v) is 9.38. The molecule has 128 valence electrons. The Morgan fingerprint density at radius 1 is 0.875 bits per heavy atom. The molecule has 2 aromatic rings. The Labute approximate surface area is 147 Å². The van der Waals surface area contributed by atoms with Crippen molar-refractivity contribution >= 4 is 5.69 Å². The van der Waals surface area contributed by atoms with E-state index in [0.717, 1.165) is 19.6 Å². The van der Waals surface area contributed by atoms with Gasteiger partial charge >= 0.3 is 0 Å². The average molecular weight is 322 g/mol. The van der Waals surface area contributed by atoms with E-state index in [0.29, 0.717) is 5.92 Å². The molecule has 2 heteroatoms. The quantitative estimate of drug-likeness (QED) is 0.771. The first-order valence-electron chi connectivity index (χ1n) is 9.38. The lowest BCUT2D eigenvalue weighted by Crippen LogP contribution is -2.31. The molecule has 1 atom stereocenters. The highest BCUT2D eigenvalue weighted by Crippen LogP contribution is 2.30. The van der Waals surface area contributed by atoms with Crippen LogP contribution in [0.15, 0.2) is 54.6 Å². The lowest BCUT2D eigenvalue weighted by Gasteiger charge is -2.27. The van der Waals surface area contributed by atoms with Crippen molar-refractivity contribution in [2.24, 2.45) is 0 Å². The zero-order valence-electron chi connectivity index (χ0n) is 15.1. The Hall–Kier alpha value is -1.80. The number of anilines is 1. The molecule has 0 spiro atoms. The summed E-state index contributed by atoms with van der Waals surface area (Å²) >= 11 is 0. The first kappa shape index (κ1) is 17.0. The molecule has 1 unspecified atom stereocenters. The van der Waals surface area contributed by atoms with Crippen LogP contribution in [0, 0.1) is 0 Å². The predicted molar refractivity (Wildman–Crippen MR) is 104 cm³/mol. The molecule has 1 aliphatic rings. The summed E-state index contributed by atoms with van der Waals surface area (Å²) in [7, 11) is 0. The van der Waals surface area contributed by atoms with Crippen LogP contribution in [0.5, 0.6) is 0 Å². The second-order valence-corrected chi connectivity index (χ2v) is 6.97. The van der Waals surface area contributed by atoms with E-state index < -0.39 is 0 Å². The highest BCUT2D eigenvalue weighted by atomic mass is 15.2. The Bertz CT molecular complexity index is 623. The van der Waals surface area contributed by atoms with E-state index in [2.05, 4.69) is 78.2 Å². The number of nitrogens with zero attached hydrogens (tertiary/aromatic N) is 2. The van der Waals surface area contributed by atoms with Gasteiger partial charge in [-0.1, -0.05) is 62.4 Å². The summed E-state index contributed by atoms with van der Waals surface area (Å²) in [6.07, 6.45) is 2.44. The van der Waals surface area contributed by atoms with Gasteiger partial charge in [-0.2, -0.15) is 0 Å². The van der Waals surface area contributed by atoms with Gasteiger partial charge in [0.05, 0.1) is 0 Å². The number of rotatable bonds is 5. The van der Waals surface area contributed by atoms with Crippen LogP contribution < -0.4 is 4.90 Å². The van der Waals surface area contributed by atoms with E-state index >= 15 is 0 Å². The van der Waals surface area contributed by atoms with Crippen LogP contribution in [0.4, 0.5) is 5.69 Å². The summed E-state index contributed by atoms with van der Waals surface area (Å²) in [6.45, 7) is 10.3. The van der Waals surface area contributed by atoms with E-state index in [1.54, 1.807) is 0 Å². The maximum Gasteiger partial charge on any atom is 0.0401 e. The third-order valence-electron chi connectivity index (χ3n) is 5.26. The maximum atomic E-state index is 2.60. The normalized spacial score (nSPS) is 17.5. The molecule has 1 saturated heterocycles. The van der Waals surface area contributed by atoms with Gasteiger partial charge in [0.2, 0.25) is 0 Å². The van der Waals surface area contributed by atoms with Crippen molar-refractivity contribution in [2.75, 3.05) is 31.1 Å². The van der Waals surface area contributed by atoms with Crippen molar-refractivity contribution in [3.05, 3.63) is 65.7 Å². The van der Waals surface area contributed by atoms with Crippen molar-refractivity contribution in [3.63, 3.8) is 0 Å². The molecule has 1 aliphatic heterocycles. The van der Waals surface area contributed by atoms with Gasteiger partial charge in [-0.3, -0.25) is 4.90 Å². The molecule has 0 radical (unpaired) electrons. The van der Waals surface area contributed by atoms with Gasteiger partial charge in [0, 0.05) is 38.4 Å². The summed E-state index contributed by atoms with van der Waals surface area (Å²) in [5, 5.41) is 0. The van der Waals surface area contributed by atoms with Gasteiger partial charge in [-0.15, -0.1) is 0 Å². The topological polar surface area (TPSA) is 6.48 Å². The van der Waals surface area contributed by atoms with Crippen LogP contribution >= 0.6 is 0 Å². The van der Waals surface area contributed by atoms with Crippen molar-refractivity contribution in [2.45, 2.75) is 39.2 Å². The van der Waals surface area contributed by atoms with Crippen molar-refractivity contribution in [1.82, 2.24) is 4.90 Å². The van der Waals surface area contributed by atoms with E-state index in [1.165, 1.54) is 42.7 Å². The fourth-order valence-electron chi connectivity index (χ4n) is 3.62. The number of benzene rings is 2. The van der Waals surface area contributed by atoms with Gasteiger partial charge in [0.1, 0.15) is 0 Å². The van der Waals surface area contributed by atoms with Crippen molar-refractivity contribution < 1.29 is 0 Å². The fourth-order valence-corrected chi connectivity index (χ4v) is 3.62. The molecule has 0 aliphatic carbocycles. The fraction of sp³-hybridized carbons (Fsp3) is 0.455. The van der Waals surface area contributed by atoms with E-state index in [9.17, 15) is 0 Å². The van der Waals surface area contributed by atoms with Crippen LogP contribution in [0.25, 0.3) is 0 Å². The molecule has 2 aromatic carbocycles. The van der Waals surface area contributed by atoms with Gasteiger partial charge < -0.3 is 4.90 Å². The van der Waals surface area contributed by atoms with Gasteiger partial charge in [0.25, 0.3) is 0 Å². The van der Waals surface area contributed by atoms with Crippen LogP contribution in [-0.4, -0.2) is 31.1 Å². The molecule has 0 amide bonds. The van der Waals surface area contributed by atoms with E-state index in [-0.39, 0.29) is 0 Å². The van der Waals surface area contributed by atoms with Gasteiger partial charge in [-0.05, 0) is 36.0 Å². The largest absolute Gasteiger partial charge is 0.370 e. The summed E-state index contributed by atoms with van der Waals surface area (Å²) < 4.78 is 0. The van der Waals surface area contributed by atoms with Crippen LogP contribution in [0.1, 0.15) is 43.7 Å². The second-order valence-electron chi connectivity index (χ2n) is 6.97.